The number of rotatable bonds is 10. The molecule has 0 aliphatic heterocycles. The summed E-state index contributed by atoms with van der Waals surface area (Å²) < 4.78 is 24.6. The maximum atomic E-state index is 13.7. The van der Waals surface area contributed by atoms with Gasteiger partial charge in [0, 0.05) is 6.07 Å². The van der Waals surface area contributed by atoms with Crippen LogP contribution in [0, 0.1) is 29.0 Å². The van der Waals surface area contributed by atoms with Crippen molar-refractivity contribution in [3.8, 4) is 17.6 Å². The molecule has 0 heterocycles. The summed E-state index contributed by atoms with van der Waals surface area (Å²) in [7, 11) is 0. The second-order valence-electron chi connectivity index (χ2n) is 8.68. The lowest BCUT2D eigenvalue weighted by Gasteiger charge is -2.26. The van der Waals surface area contributed by atoms with Gasteiger partial charge in [-0.1, -0.05) is 44.8 Å². The molecule has 33 heavy (non-hydrogen) atoms. The van der Waals surface area contributed by atoms with Gasteiger partial charge in [0.2, 0.25) is 0 Å². The zero-order chi connectivity index (χ0) is 23.5. The number of hydrogen-bond acceptors (Lipinski definition) is 4. The average molecular weight is 450 g/mol. The summed E-state index contributed by atoms with van der Waals surface area (Å²) in [5.74, 6) is 0.964. The molecule has 3 rings (SSSR count). The van der Waals surface area contributed by atoms with Crippen LogP contribution in [0.25, 0.3) is 0 Å². The molecule has 0 radical (unpaired) electrons. The number of nitrogens with zero attached hydrogens (tertiary/aromatic N) is 1. The first-order chi connectivity index (χ1) is 16.1. The van der Waals surface area contributed by atoms with Gasteiger partial charge >= 0.3 is 5.97 Å². The first-order valence-electron chi connectivity index (χ1n) is 11.9. The van der Waals surface area contributed by atoms with Crippen LogP contribution in [-0.2, 0) is 0 Å². The van der Waals surface area contributed by atoms with Crippen molar-refractivity contribution in [2.75, 3.05) is 6.61 Å². The van der Waals surface area contributed by atoms with Gasteiger partial charge in [-0.05, 0) is 73.9 Å². The third-order valence-electron chi connectivity index (χ3n) is 6.22. The van der Waals surface area contributed by atoms with Gasteiger partial charge < -0.3 is 9.47 Å². The van der Waals surface area contributed by atoms with Crippen molar-refractivity contribution in [2.24, 2.45) is 11.8 Å². The van der Waals surface area contributed by atoms with Gasteiger partial charge in [-0.25, -0.2) is 9.18 Å². The van der Waals surface area contributed by atoms with Crippen LogP contribution in [0.2, 0.25) is 0 Å². The van der Waals surface area contributed by atoms with E-state index in [0.29, 0.717) is 23.8 Å². The minimum atomic E-state index is -0.723. The molecule has 174 valence electrons. The van der Waals surface area contributed by atoms with Crippen molar-refractivity contribution in [3.63, 3.8) is 0 Å². The van der Waals surface area contributed by atoms with Crippen LogP contribution in [-0.4, -0.2) is 12.6 Å². The van der Waals surface area contributed by atoms with Crippen molar-refractivity contribution in [2.45, 2.75) is 58.3 Å². The van der Waals surface area contributed by atoms with Crippen LogP contribution in [0.1, 0.15) is 74.2 Å². The number of unbranched alkanes of at least 4 members (excludes halogenated alkanes) is 2. The summed E-state index contributed by atoms with van der Waals surface area (Å²) in [5, 5.41) is 8.77. The molecule has 0 saturated heterocycles. The Kier molecular flexibility index (Phi) is 9.50. The minimum absolute atomic E-state index is 0.0527. The molecule has 0 bridgehead atoms. The lowest BCUT2D eigenvalue weighted by molar-refractivity contribution is 0.0734. The lowest BCUT2D eigenvalue weighted by Crippen LogP contribution is -2.13. The Morgan fingerprint density at radius 3 is 2.48 bits per heavy atom. The average Bonchev–Trinajstić information content (AvgIpc) is 2.83. The van der Waals surface area contributed by atoms with Gasteiger partial charge in [0.05, 0.1) is 11.1 Å². The Bertz CT molecular complexity index is 970. The predicted molar refractivity (Wildman–Crippen MR) is 127 cm³/mol. The molecule has 4 nitrogen and oxygen atoms in total. The largest absolute Gasteiger partial charge is 0.490 e. The van der Waals surface area contributed by atoms with Gasteiger partial charge in [0.1, 0.15) is 30.0 Å². The number of nitriles is 1. The quantitative estimate of drug-likeness (QED) is 0.166. The summed E-state index contributed by atoms with van der Waals surface area (Å²) in [6.45, 7) is 2.75. The van der Waals surface area contributed by atoms with Gasteiger partial charge in [0.25, 0.3) is 0 Å². The summed E-state index contributed by atoms with van der Waals surface area (Å²) in [4.78, 5) is 12.3. The molecule has 5 heteroatoms. The third-order valence-corrected chi connectivity index (χ3v) is 6.22. The number of allylic oxidation sites excluding steroid dienone is 1. The lowest BCUT2D eigenvalue weighted by atomic mass is 9.79. The predicted octanol–water partition coefficient (Wildman–Crippen LogP) is 7.24. The molecule has 0 spiro atoms. The maximum absolute atomic E-state index is 13.7. The van der Waals surface area contributed by atoms with E-state index in [4.69, 9.17) is 14.7 Å². The van der Waals surface area contributed by atoms with Crippen molar-refractivity contribution >= 4 is 5.97 Å². The summed E-state index contributed by atoms with van der Waals surface area (Å²) in [6, 6.07) is 12.1. The topological polar surface area (TPSA) is 59.3 Å². The highest BCUT2D eigenvalue weighted by molar-refractivity contribution is 5.91. The molecule has 0 atom stereocenters. The standard InChI is InChI=1S/C28H32FNO3/c1-2-3-4-6-21-8-10-22(11-9-21)7-5-18-32-25-15-12-23(13-16-25)28(31)33-26-17-14-24(20-30)27(29)19-26/h5,7,12-17,19,21-22H,2-4,6,8-11,18H2,1H3/b7-5+. The number of carbonyl (C=O) groups excluding carboxylic acids is 1. The molecule has 2 aromatic rings. The van der Waals surface area contributed by atoms with Crippen molar-refractivity contribution < 1.29 is 18.7 Å². The van der Waals surface area contributed by atoms with E-state index >= 15 is 0 Å². The van der Waals surface area contributed by atoms with Crippen LogP contribution in [0.5, 0.6) is 11.5 Å². The van der Waals surface area contributed by atoms with E-state index in [2.05, 4.69) is 19.1 Å². The van der Waals surface area contributed by atoms with Gasteiger partial charge in [-0.15, -0.1) is 0 Å². The van der Waals surface area contributed by atoms with E-state index in [0.717, 1.165) is 12.0 Å². The highest BCUT2D eigenvalue weighted by Gasteiger charge is 2.18. The molecule has 0 amide bonds. The van der Waals surface area contributed by atoms with E-state index in [1.165, 1.54) is 63.5 Å². The molecule has 1 aliphatic rings. The number of halogens is 1. The Balaban J connectivity index is 1.39. The summed E-state index contributed by atoms with van der Waals surface area (Å²) >= 11 is 0. The SMILES string of the molecule is CCCCCC1CCC(/C=C/COc2ccc(C(=O)Oc3ccc(C#N)c(F)c3)cc2)CC1. The smallest absolute Gasteiger partial charge is 0.343 e. The Labute approximate surface area is 196 Å². The van der Waals surface area contributed by atoms with Crippen LogP contribution in [0.4, 0.5) is 4.39 Å². The van der Waals surface area contributed by atoms with Crippen LogP contribution < -0.4 is 9.47 Å². The first kappa shape index (κ1) is 24.5. The zero-order valence-electron chi connectivity index (χ0n) is 19.3. The van der Waals surface area contributed by atoms with E-state index in [1.54, 1.807) is 30.3 Å². The van der Waals surface area contributed by atoms with E-state index in [-0.39, 0.29) is 11.3 Å². The molecule has 1 aliphatic carbocycles. The fourth-order valence-electron chi connectivity index (χ4n) is 4.25. The van der Waals surface area contributed by atoms with Crippen molar-refractivity contribution in [1.82, 2.24) is 0 Å². The van der Waals surface area contributed by atoms with E-state index in [1.807, 2.05) is 0 Å². The molecule has 2 aromatic carbocycles. The fraction of sp³-hybridized carbons (Fsp3) is 0.429. The summed E-state index contributed by atoms with van der Waals surface area (Å²) in [6.07, 6.45) is 15.0. The van der Waals surface area contributed by atoms with Crippen LogP contribution in [0.15, 0.2) is 54.6 Å². The number of hydrogen-bond donors (Lipinski definition) is 0. The number of benzene rings is 2. The molecule has 1 fully saturated rings. The minimum Gasteiger partial charge on any atom is -0.490 e. The normalized spacial score (nSPS) is 18.1. The molecular weight excluding hydrogens is 417 g/mol. The Morgan fingerprint density at radius 2 is 1.82 bits per heavy atom. The monoisotopic (exact) mass is 449 g/mol. The molecule has 1 saturated carbocycles. The zero-order valence-corrected chi connectivity index (χ0v) is 19.3. The molecule has 0 unspecified atom stereocenters. The van der Waals surface area contributed by atoms with E-state index < -0.39 is 11.8 Å². The molecule has 0 aromatic heterocycles. The third kappa shape index (κ3) is 7.75. The van der Waals surface area contributed by atoms with Gasteiger partial charge in [0.15, 0.2) is 0 Å². The van der Waals surface area contributed by atoms with Crippen molar-refractivity contribution in [1.29, 1.82) is 5.26 Å². The second-order valence-corrected chi connectivity index (χ2v) is 8.68. The Hall–Kier alpha value is -3.13. The molecule has 0 N–H and O–H groups in total. The van der Waals surface area contributed by atoms with Crippen molar-refractivity contribution in [3.05, 3.63) is 71.6 Å². The highest BCUT2D eigenvalue weighted by atomic mass is 19.1. The maximum Gasteiger partial charge on any atom is 0.343 e. The summed E-state index contributed by atoms with van der Waals surface area (Å²) in [5.41, 5.74) is 0.235. The van der Waals surface area contributed by atoms with Crippen LogP contribution >= 0.6 is 0 Å². The van der Waals surface area contributed by atoms with Crippen LogP contribution in [0.3, 0.4) is 0 Å². The molecular formula is C28H32FNO3. The van der Waals surface area contributed by atoms with E-state index in [9.17, 15) is 9.18 Å². The number of ether oxygens (including phenoxy) is 2. The highest BCUT2D eigenvalue weighted by Crippen LogP contribution is 2.32. The fourth-order valence-corrected chi connectivity index (χ4v) is 4.25. The number of carbonyl (C=O) groups is 1. The first-order valence-corrected chi connectivity index (χ1v) is 11.9. The second kappa shape index (κ2) is 12.8. The Morgan fingerprint density at radius 1 is 1.09 bits per heavy atom. The number of esters is 1. The van der Waals surface area contributed by atoms with Gasteiger partial charge in [-0.2, -0.15) is 5.26 Å². The van der Waals surface area contributed by atoms with Gasteiger partial charge in [-0.3, -0.25) is 0 Å².